The summed E-state index contributed by atoms with van der Waals surface area (Å²) in [6, 6.07) is 7.91. The summed E-state index contributed by atoms with van der Waals surface area (Å²) in [6.45, 7) is 0.233. The molecule has 1 aromatic rings. The summed E-state index contributed by atoms with van der Waals surface area (Å²) in [5, 5.41) is 10.3. The van der Waals surface area contributed by atoms with E-state index in [1.54, 1.807) is 0 Å². The second kappa shape index (κ2) is 5.70. The first-order valence-electron chi connectivity index (χ1n) is 6.16. The van der Waals surface area contributed by atoms with Crippen molar-refractivity contribution in [1.29, 1.82) is 0 Å². The minimum absolute atomic E-state index is 0.233. The van der Waals surface area contributed by atoms with Crippen LogP contribution in [0.3, 0.4) is 0 Å². The molecule has 0 radical (unpaired) electrons. The van der Waals surface area contributed by atoms with Gasteiger partial charge < -0.3 is 5.11 Å². The van der Waals surface area contributed by atoms with Crippen LogP contribution >= 0.6 is 11.6 Å². The molecule has 0 aromatic heterocycles. The monoisotopic (exact) mass is 238 g/mol. The third-order valence-corrected chi connectivity index (χ3v) is 3.87. The van der Waals surface area contributed by atoms with E-state index in [1.807, 2.05) is 18.2 Å². The zero-order valence-corrected chi connectivity index (χ0v) is 10.3. The van der Waals surface area contributed by atoms with Crippen molar-refractivity contribution in [2.75, 3.05) is 6.61 Å². The molecular weight excluding hydrogens is 220 g/mol. The van der Waals surface area contributed by atoms with Crippen LogP contribution in [-0.2, 0) is 0 Å². The molecule has 1 nitrogen and oxygen atoms in total. The van der Waals surface area contributed by atoms with Crippen LogP contribution in [-0.4, -0.2) is 11.7 Å². The van der Waals surface area contributed by atoms with Crippen molar-refractivity contribution in [2.45, 2.75) is 38.0 Å². The molecule has 16 heavy (non-hydrogen) atoms. The highest BCUT2D eigenvalue weighted by atomic mass is 35.5. The van der Waals surface area contributed by atoms with E-state index in [9.17, 15) is 5.11 Å². The quantitative estimate of drug-likeness (QED) is 0.841. The molecule has 1 unspecified atom stereocenters. The molecule has 88 valence electrons. The molecule has 0 amide bonds. The van der Waals surface area contributed by atoms with Crippen molar-refractivity contribution in [3.63, 3.8) is 0 Å². The molecule has 0 spiro atoms. The highest BCUT2D eigenvalue weighted by Gasteiger charge is 2.20. The van der Waals surface area contributed by atoms with E-state index >= 15 is 0 Å². The maximum atomic E-state index is 9.49. The largest absolute Gasteiger partial charge is 0.396 e. The summed E-state index contributed by atoms with van der Waals surface area (Å²) in [7, 11) is 0. The molecule has 1 aromatic carbocycles. The van der Waals surface area contributed by atoms with Crippen molar-refractivity contribution in [2.24, 2.45) is 5.92 Å². The Morgan fingerprint density at radius 2 is 2.06 bits per heavy atom. The standard InChI is InChI=1S/C14H19ClO/c15-14-7-3-6-12(9-14)13(10-16)8-11-4-1-2-5-11/h3,6-7,9,11,13,16H,1-2,4-5,8,10H2. The van der Waals surface area contributed by atoms with Gasteiger partial charge in [-0.3, -0.25) is 0 Å². The second-order valence-corrected chi connectivity index (χ2v) is 5.26. The Morgan fingerprint density at radius 1 is 1.31 bits per heavy atom. The first kappa shape index (κ1) is 11.9. The van der Waals surface area contributed by atoms with Gasteiger partial charge in [0.2, 0.25) is 0 Å². The van der Waals surface area contributed by atoms with Gasteiger partial charge in [-0.15, -0.1) is 0 Å². The number of aliphatic hydroxyl groups is 1. The molecule has 1 saturated carbocycles. The Balaban J connectivity index is 2.03. The zero-order chi connectivity index (χ0) is 11.4. The molecule has 0 heterocycles. The first-order valence-corrected chi connectivity index (χ1v) is 6.53. The summed E-state index contributed by atoms with van der Waals surface area (Å²) in [5.74, 6) is 1.07. The van der Waals surface area contributed by atoms with Crippen LogP contribution in [0.5, 0.6) is 0 Å². The summed E-state index contributed by atoms with van der Waals surface area (Å²) >= 11 is 5.98. The van der Waals surface area contributed by atoms with E-state index in [1.165, 1.54) is 31.2 Å². The van der Waals surface area contributed by atoms with E-state index < -0.39 is 0 Å². The van der Waals surface area contributed by atoms with Crippen LogP contribution in [0.2, 0.25) is 5.02 Å². The highest BCUT2D eigenvalue weighted by Crippen LogP contribution is 2.34. The lowest BCUT2D eigenvalue weighted by atomic mass is 9.88. The zero-order valence-electron chi connectivity index (χ0n) is 9.53. The first-order chi connectivity index (χ1) is 7.79. The van der Waals surface area contributed by atoms with Crippen LogP contribution in [0.15, 0.2) is 24.3 Å². The molecule has 2 rings (SSSR count). The van der Waals surface area contributed by atoms with Crippen molar-refractivity contribution in [3.05, 3.63) is 34.9 Å². The predicted molar refractivity (Wildman–Crippen MR) is 67.9 cm³/mol. The lowest BCUT2D eigenvalue weighted by Gasteiger charge is -2.19. The van der Waals surface area contributed by atoms with Gasteiger partial charge in [0.15, 0.2) is 0 Å². The van der Waals surface area contributed by atoms with Gasteiger partial charge in [0.1, 0.15) is 0 Å². The predicted octanol–water partition coefficient (Wildman–Crippen LogP) is 4.00. The third-order valence-electron chi connectivity index (χ3n) is 3.63. The van der Waals surface area contributed by atoms with Gasteiger partial charge >= 0.3 is 0 Å². The van der Waals surface area contributed by atoms with Gasteiger partial charge in [-0.05, 0) is 30.0 Å². The molecule has 2 heteroatoms. The Labute approximate surface area is 102 Å². The maximum Gasteiger partial charge on any atom is 0.0499 e. The van der Waals surface area contributed by atoms with Crippen molar-refractivity contribution in [1.82, 2.24) is 0 Å². The van der Waals surface area contributed by atoms with Gasteiger partial charge in [0.25, 0.3) is 0 Å². The minimum atomic E-state index is 0.233. The molecule has 0 aliphatic heterocycles. The second-order valence-electron chi connectivity index (χ2n) is 4.82. The lowest BCUT2D eigenvalue weighted by molar-refractivity contribution is 0.244. The van der Waals surface area contributed by atoms with Gasteiger partial charge in [0, 0.05) is 17.5 Å². The topological polar surface area (TPSA) is 20.2 Å². The molecule has 1 aliphatic rings. The van der Waals surface area contributed by atoms with Gasteiger partial charge in [0.05, 0.1) is 0 Å². The maximum absolute atomic E-state index is 9.49. The average molecular weight is 239 g/mol. The van der Waals surface area contributed by atoms with Crippen LogP contribution in [0.25, 0.3) is 0 Å². The van der Waals surface area contributed by atoms with Gasteiger partial charge in [-0.25, -0.2) is 0 Å². The molecule has 1 N–H and O–H groups in total. The Kier molecular flexibility index (Phi) is 4.25. The normalized spacial score (nSPS) is 18.9. The van der Waals surface area contributed by atoms with Crippen LogP contribution in [0.1, 0.15) is 43.6 Å². The van der Waals surface area contributed by atoms with Crippen molar-refractivity contribution >= 4 is 11.6 Å². The molecule has 1 fully saturated rings. The lowest BCUT2D eigenvalue weighted by Crippen LogP contribution is -2.09. The van der Waals surface area contributed by atoms with Crippen molar-refractivity contribution < 1.29 is 5.11 Å². The van der Waals surface area contributed by atoms with Gasteiger partial charge in [-0.1, -0.05) is 49.4 Å². The van der Waals surface area contributed by atoms with E-state index in [0.29, 0.717) is 0 Å². The molecular formula is C14H19ClO. The Hall–Kier alpha value is -0.530. The number of hydrogen-bond donors (Lipinski definition) is 1. The number of rotatable bonds is 4. The number of aliphatic hydroxyl groups excluding tert-OH is 1. The SMILES string of the molecule is OCC(CC1CCCC1)c1cccc(Cl)c1. The fourth-order valence-electron chi connectivity index (χ4n) is 2.72. The van der Waals surface area contributed by atoms with Crippen molar-refractivity contribution in [3.8, 4) is 0 Å². The fourth-order valence-corrected chi connectivity index (χ4v) is 2.92. The van der Waals surface area contributed by atoms with E-state index in [4.69, 9.17) is 11.6 Å². The smallest absolute Gasteiger partial charge is 0.0499 e. The van der Waals surface area contributed by atoms with E-state index in [0.717, 1.165) is 17.4 Å². The molecule has 0 bridgehead atoms. The summed E-state index contributed by atoms with van der Waals surface area (Å²) < 4.78 is 0. The highest BCUT2D eigenvalue weighted by molar-refractivity contribution is 6.30. The van der Waals surface area contributed by atoms with E-state index in [-0.39, 0.29) is 12.5 Å². The molecule has 1 aliphatic carbocycles. The molecule has 1 atom stereocenters. The summed E-state index contributed by atoms with van der Waals surface area (Å²) in [4.78, 5) is 0. The summed E-state index contributed by atoms with van der Waals surface area (Å²) in [5.41, 5.74) is 1.18. The summed E-state index contributed by atoms with van der Waals surface area (Å²) in [6.07, 6.45) is 6.49. The number of benzene rings is 1. The van der Waals surface area contributed by atoms with Crippen LogP contribution < -0.4 is 0 Å². The Bertz CT molecular complexity index is 331. The van der Waals surface area contributed by atoms with E-state index in [2.05, 4.69) is 6.07 Å². The number of hydrogen-bond acceptors (Lipinski definition) is 1. The minimum Gasteiger partial charge on any atom is -0.396 e. The van der Waals surface area contributed by atoms with Crippen LogP contribution in [0.4, 0.5) is 0 Å². The third kappa shape index (κ3) is 2.99. The Morgan fingerprint density at radius 3 is 2.69 bits per heavy atom. The number of halogens is 1. The average Bonchev–Trinajstić information content (AvgIpc) is 2.78. The fraction of sp³-hybridized carbons (Fsp3) is 0.571. The van der Waals surface area contributed by atoms with Gasteiger partial charge in [-0.2, -0.15) is 0 Å². The van der Waals surface area contributed by atoms with Crippen LogP contribution in [0, 0.1) is 5.92 Å². The molecule has 0 saturated heterocycles.